The minimum atomic E-state index is 0.415. The van der Waals surface area contributed by atoms with Crippen LogP contribution in [-0.2, 0) is 13.0 Å². The van der Waals surface area contributed by atoms with E-state index in [2.05, 4.69) is 28.7 Å². The van der Waals surface area contributed by atoms with Crippen LogP contribution in [0.3, 0.4) is 0 Å². The van der Waals surface area contributed by atoms with Crippen LogP contribution in [0, 0.1) is 14.9 Å². The molecule has 0 spiro atoms. The molecular weight excluding hydrogens is 337 g/mol. The van der Waals surface area contributed by atoms with E-state index < -0.39 is 0 Å². The van der Waals surface area contributed by atoms with Crippen LogP contribution in [0.2, 0.25) is 0 Å². The Morgan fingerprint density at radius 3 is 2.56 bits per heavy atom. The highest BCUT2D eigenvalue weighted by Gasteiger charge is 2.01. The van der Waals surface area contributed by atoms with Gasteiger partial charge in [0.25, 0.3) is 0 Å². The van der Waals surface area contributed by atoms with Crippen LogP contribution < -0.4 is 4.74 Å². The fourth-order valence-electron chi connectivity index (χ4n) is 1.64. The quantitative estimate of drug-likeness (QED) is 0.784. The van der Waals surface area contributed by atoms with Gasteiger partial charge in [-0.05, 0) is 51.9 Å². The van der Waals surface area contributed by atoms with Crippen molar-refractivity contribution in [2.45, 2.75) is 13.0 Å². The van der Waals surface area contributed by atoms with Gasteiger partial charge in [-0.25, -0.2) is 0 Å². The van der Waals surface area contributed by atoms with Gasteiger partial charge in [0.2, 0.25) is 0 Å². The van der Waals surface area contributed by atoms with Gasteiger partial charge in [-0.3, -0.25) is 0 Å². The molecule has 0 aromatic heterocycles. The van der Waals surface area contributed by atoms with Gasteiger partial charge in [-0.15, -0.1) is 0 Å². The number of benzene rings is 2. The number of hydrogen-bond donors (Lipinski definition) is 0. The largest absolute Gasteiger partial charge is 0.489 e. The van der Waals surface area contributed by atoms with Crippen LogP contribution in [0.5, 0.6) is 5.75 Å². The Hall–Kier alpha value is -1.54. The molecule has 3 heteroatoms. The smallest absolute Gasteiger partial charge is 0.121 e. The second-order valence-corrected chi connectivity index (χ2v) is 5.15. The van der Waals surface area contributed by atoms with Crippen LogP contribution in [0.4, 0.5) is 0 Å². The molecule has 0 atom stereocenters. The molecule has 18 heavy (non-hydrogen) atoms. The zero-order valence-corrected chi connectivity index (χ0v) is 11.9. The Morgan fingerprint density at radius 2 is 1.83 bits per heavy atom. The summed E-state index contributed by atoms with van der Waals surface area (Å²) in [5.74, 6) is 0.816. The minimum Gasteiger partial charge on any atom is -0.489 e. The third-order valence-corrected chi connectivity index (χ3v) is 3.09. The van der Waals surface area contributed by atoms with Crippen LogP contribution in [0.1, 0.15) is 11.1 Å². The lowest BCUT2D eigenvalue weighted by Crippen LogP contribution is -1.96. The van der Waals surface area contributed by atoms with E-state index >= 15 is 0 Å². The van der Waals surface area contributed by atoms with Gasteiger partial charge in [0.05, 0.1) is 12.5 Å². The molecule has 0 radical (unpaired) electrons. The van der Waals surface area contributed by atoms with Gasteiger partial charge in [0, 0.05) is 3.57 Å². The molecule has 0 N–H and O–H groups in total. The summed E-state index contributed by atoms with van der Waals surface area (Å²) in [4.78, 5) is 0. The summed E-state index contributed by atoms with van der Waals surface area (Å²) in [5, 5.41) is 8.72. The van der Waals surface area contributed by atoms with Crippen LogP contribution >= 0.6 is 22.6 Å². The van der Waals surface area contributed by atoms with Crippen molar-refractivity contribution in [3.05, 3.63) is 63.2 Å². The Labute approximate surface area is 120 Å². The molecule has 2 nitrogen and oxygen atoms in total. The number of nitrogens with zero attached hydrogens (tertiary/aromatic N) is 1. The van der Waals surface area contributed by atoms with Crippen molar-refractivity contribution < 1.29 is 4.74 Å². The fourth-order valence-corrected chi connectivity index (χ4v) is 2.35. The molecular formula is C15H12INO. The Balaban J connectivity index is 2.07. The van der Waals surface area contributed by atoms with Crippen molar-refractivity contribution >= 4 is 22.6 Å². The van der Waals surface area contributed by atoms with Gasteiger partial charge < -0.3 is 4.74 Å². The van der Waals surface area contributed by atoms with E-state index in [9.17, 15) is 0 Å². The first-order valence-corrected chi connectivity index (χ1v) is 6.69. The Morgan fingerprint density at radius 1 is 1.06 bits per heavy atom. The van der Waals surface area contributed by atoms with E-state index in [1.165, 1.54) is 0 Å². The Bertz CT molecular complexity index is 560. The second kappa shape index (κ2) is 6.41. The first kappa shape index (κ1) is 12.9. The zero-order valence-electron chi connectivity index (χ0n) is 9.77. The van der Waals surface area contributed by atoms with Crippen molar-refractivity contribution in [3.63, 3.8) is 0 Å². The highest BCUT2D eigenvalue weighted by Crippen LogP contribution is 2.20. The molecule has 0 fully saturated rings. The topological polar surface area (TPSA) is 33.0 Å². The molecule has 0 aliphatic carbocycles. The summed E-state index contributed by atoms with van der Waals surface area (Å²) in [6.45, 7) is 0.549. The first-order valence-electron chi connectivity index (χ1n) is 5.61. The molecule has 0 bridgehead atoms. The SMILES string of the molecule is N#CCc1cc(I)cc(OCc2ccccc2)c1. The predicted molar refractivity (Wildman–Crippen MR) is 79.3 cm³/mol. The molecule has 0 saturated heterocycles. The number of hydrogen-bond acceptors (Lipinski definition) is 2. The van der Waals surface area contributed by atoms with Crippen LogP contribution in [0.25, 0.3) is 0 Å². The molecule has 0 heterocycles. The van der Waals surface area contributed by atoms with Crippen LogP contribution in [-0.4, -0.2) is 0 Å². The number of halogens is 1. The molecule has 0 aliphatic heterocycles. The van der Waals surface area contributed by atoms with Crippen molar-refractivity contribution in [1.82, 2.24) is 0 Å². The molecule has 90 valence electrons. The molecule has 2 aromatic rings. The maximum Gasteiger partial charge on any atom is 0.121 e. The van der Waals surface area contributed by atoms with Crippen molar-refractivity contribution in [2.75, 3.05) is 0 Å². The summed E-state index contributed by atoms with van der Waals surface area (Å²) in [7, 11) is 0. The molecule has 0 saturated carbocycles. The van der Waals surface area contributed by atoms with Crippen LogP contribution in [0.15, 0.2) is 48.5 Å². The molecule has 2 aromatic carbocycles. The van der Waals surface area contributed by atoms with E-state index in [4.69, 9.17) is 10.00 Å². The van der Waals surface area contributed by atoms with E-state index in [1.54, 1.807) is 0 Å². The van der Waals surface area contributed by atoms with E-state index in [0.717, 1.165) is 20.4 Å². The highest BCUT2D eigenvalue weighted by atomic mass is 127. The normalized spacial score (nSPS) is 9.78. The number of nitriles is 1. The van der Waals surface area contributed by atoms with Gasteiger partial charge in [-0.2, -0.15) is 5.26 Å². The zero-order chi connectivity index (χ0) is 12.8. The van der Waals surface area contributed by atoms with Crippen molar-refractivity contribution in [3.8, 4) is 11.8 Å². The summed E-state index contributed by atoms with van der Waals surface area (Å²) in [6.07, 6.45) is 0.415. The average Bonchev–Trinajstić information content (AvgIpc) is 2.37. The first-order chi connectivity index (χ1) is 8.78. The van der Waals surface area contributed by atoms with E-state index in [-0.39, 0.29) is 0 Å². The average molecular weight is 349 g/mol. The predicted octanol–water partition coefficient (Wildman–Crippen LogP) is 3.94. The third kappa shape index (κ3) is 3.74. The lowest BCUT2D eigenvalue weighted by Gasteiger charge is -2.08. The van der Waals surface area contributed by atoms with E-state index in [0.29, 0.717) is 13.0 Å². The standard InChI is InChI=1S/C15H12INO/c16-14-8-13(6-7-17)9-15(10-14)18-11-12-4-2-1-3-5-12/h1-5,8-10H,6,11H2. The number of rotatable bonds is 4. The Kier molecular flexibility index (Phi) is 4.59. The van der Waals surface area contributed by atoms with Gasteiger partial charge >= 0.3 is 0 Å². The molecule has 0 aliphatic rings. The second-order valence-electron chi connectivity index (χ2n) is 3.90. The van der Waals surface area contributed by atoms with Crippen molar-refractivity contribution in [1.29, 1.82) is 5.26 Å². The van der Waals surface area contributed by atoms with Gasteiger partial charge in [-0.1, -0.05) is 30.3 Å². The summed E-state index contributed by atoms with van der Waals surface area (Å²) < 4.78 is 6.83. The molecule has 0 unspecified atom stereocenters. The summed E-state index contributed by atoms with van der Waals surface area (Å²) >= 11 is 2.24. The lowest BCUT2D eigenvalue weighted by atomic mass is 10.1. The summed E-state index contributed by atoms with van der Waals surface area (Å²) in [6, 6.07) is 18.1. The maximum absolute atomic E-state index is 8.72. The fraction of sp³-hybridized carbons (Fsp3) is 0.133. The van der Waals surface area contributed by atoms with Gasteiger partial charge in [0.1, 0.15) is 12.4 Å². The lowest BCUT2D eigenvalue weighted by molar-refractivity contribution is 0.306. The molecule has 2 rings (SSSR count). The molecule has 0 amide bonds. The summed E-state index contributed by atoms with van der Waals surface area (Å²) in [5.41, 5.74) is 2.13. The van der Waals surface area contributed by atoms with Gasteiger partial charge in [0.15, 0.2) is 0 Å². The minimum absolute atomic E-state index is 0.415. The maximum atomic E-state index is 8.72. The van der Waals surface area contributed by atoms with E-state index in [1.807, 2.05) is 48.5 Å². The number of ether oxygens (including phenoxy) is 1. The highest BCUT2D eigenvalue weighted by molar-refractivity contribution is 14.1. The monoisotopic (exact) mass is 349 g/mol. The third-order valence-electron chi connectivity index (χ3n) is 2.46. The van der Waals surface area contributed by atoms with Crippen molar-refractivity contribution in [2.24, 2.45) is 0 Å².